The molecule has 156 valence electrons. The Morgan fingerprint density at radius 2 is 2.06 bits per heavy atom. The molecular formula is C23H18N2O6. The summed E-state index contributed by atoms with van der Waals surface area (Å²) in [5, 5.41) is 22.1. The van der Waals surface area contributed by atoms with E-state index in [-0.39, 0.29) is 42.0 Å². The number of aromatic nitrogens is 2. The van der Waals surface area contributed by atoms with Crippen LogP contribution in [0, 0.1) is 6.92 Å². The Hall–Kier alpha value is -3.65. The average molecular weight is 418 g/mol. The first-order valence-electron chi connectivity index (χ1n) is 10.0. The van der Waals surface area contributed by atoms with Crippen LogP contribution < -0.4 is 10.3 Å². The van der Waals surface area contributed by atoms with Gasteiger partial charge in [-0.2, -0.15) is 0 Å². The quantitative estimate of drug-likeness (QED) is 0.457. The Kier molecular flexibility index (Phi) is 3.36. The minimum atomic E-state index is -1.86. The second kappa shape index (κ2) is 5.73. The number of fused-ring (bicyclic) bond motifs is 5. The molecule has 0 bridgehead atoms. The number of carbonyl (C=O) groups excluding carboxylic acids is 1. The SMILES string of the molecule is CC[C@@]1(O)C(=O)OCc2c1cc1n(c2=O)Cc2c-1nc1cc(C)c(O)c3c1c2C=CO3. The third-order valence-electron chi connectivity index (χ3n) is 6.56. The topological polar surface area (TPSA) is 111 Å². The number of aromatic hydroxyl groups is 1. The lowest BCUT2D eigenvalue weighted by Gasteiger charge is -2.31. The fourth-order valence-corrected chi connectivity index (χ4v) is 4.83. The number of benzene rings is 1. The lowest BCUT2D eigenvalue weighted by Crippen LogP contribution is -2.44. The number of carbonyl (C=O) groups is 1. The predicted octanol–water partition coefficient (Wildman–Crippen LogP) is 2.46. The van der Waals surface area contributed by atoms with Gasteiger partial charge in [0, 0.05) is 11.1 Å². The molecule has 8 heteroatoms. The molecule has 1 aromatic carbocycles. The van der Waals surface area contributed by atoms with E-state index in [0.717, 1.165) is 11.1 Å². The molecule has 5 heterocycles. The zero-order valence-electron chi connectivity index (χ0n) is 16.9. The van der Waals surface area contributed by atoms with Gasteiger partial charge in [0.05, 0.1) is 40.7 Å². The second-order valence-electron chi connectivity index (χ2n) is 8.14. The summed E-state index contributed by atoms with van der Waals surface area (Å²) in [7, 11) is 0. The van der Waals surface area contributed by atoms with Crippen molar-refractivity contribution in [1.82, 2.24) is 9.55 Å². The van der Waals surface area contributed by atoms with E-state index in [2.05, 4.69) is 0 Å². The second-order valence-corrected chi connectivity index (χ2v) is 8.14. The van der Waals surface area contributed by atoms with Gasteiger partial charge in [-0.05, 0) is 42.7 Å². The van der Waals surface area contributed by atoms with Crippen molar-refractivity contribution in [3.05, 3.63) is 56.6 Å². The molecule has 0 amide bonds. The number of nitrogens with zero attached hydrogens (tertiary/aromatic N) is 2. The molecule has 0 saturated heterocycles. The molecule has 3 aliphatic rings. The van der Waals surface area contributed by atoms with Crippen LogP contribution in [-0.4, -0.2) is 25.7 Å². The summed E-state index contributed by atoms with van der Waals surface area (Å²) in [5.41, 5.74) is 2.47. The fourth-order valence-electron chi connectivity index (χ4n) is 4.83. The smallest absolute Gasteiger partial charge is 0.343 e. The van der Waals surface area contributed by atoms with Crippen LogP contribution in [0.4, 0.5) is 0 Å². The molecule has 3 aromatic rings. The van der Waals surface area contributed by atoms with Gasteiger partial charge in [0.1, 0.15) is 6.61 Å². The molecule has 0 radical (unpaired) electrons. The molecule has 6 rings (SSSR count). The number of phenols is 1. The summed E-state index contributed by atoms with van der Waals surface area (Å²) in [4.78, 5) is 30.4. The van der Waals surface area contributed by atoms with Crippen LogP contribution in [0.5, 0.6) is 11.5 Å². The lowest BCUT2D eigenvalue weighted by atomic mass is 9.86. The van der Waals surface area contributed by atoms with Crippen molar-refractivity contribution >= 4 is 22.9 Å². The third-order valence-corrected chi connectivity index (χ3v) is 6.56. The van der Waals surface area contributed by atoms with E-state index >= 15 is 0 Å². The van der Waals surface area contributed by atoms with Crippen molar-refractivity contribution < 1.29 is 24.5 Å². The van der Waals surface area contributed by atoms with Crippen molar-refractivity contribution in [3.8, 4) is 22.9 Å². The Balaban J connectivity index is 1.70. The van der Waals surface area contributed by atoms with Crippen molar-refractivity contribution in [2.75, 3.05) is 0 Å². The van der Waals surface area contributed by atoms with Gasteiger partial charge in [-0.1, -0.05) is 6.92 Å². The van der Waals surface area contributed by atoms with Crippen molar-refractivity contribution in [2.24, 2.45) is 0 Å². The van der Waals surface area contributed by atoms with Gasteiger partial charge in [0.2, 0.25) is 0 Å². The van der Waals surface area contributed by atoms with Crippen LogP contribution in [0.25, 0.3) is 28.4 Å². The number of phenolic OH excluding ortho intramolecular Hbond substituents is 1. The predicted molar refractivity (Wildman–Crippen MR) is 111 cm³/mol. The largest absolute Gasteiger partial charge is 0.504 e. The number of hydrogen-bond acceptors (Lipinski definition) is 7. The molecular weight excluding hydrogens is 400 g/mol. The summed E-state index contributed by atoms with van der Waals surface area (Å²) in [6.07, 6.45) is 3.40. The van der Waals surface area contributed by atoms with Crippen LogP contribution in [0.15, 0.2) is 23.2 Å². The van der Waals surface area contributed by atoms with Gasteiger partial charge in [-0.25, -0.2) is 9.78 Å². The molecule has 2 aromatic heterocycles. The molecule has 0 fully saturated rings. The van der Waals surface area contributed by atoms with E-state index in [1.807, 2.05) is 0 Å². The molecule has 0 saturated carbocycles. The molecule has 1 atom stereocenters. The number of ether oxygens (including phenoxy) is 2. The molecule has 2 N–H and O–H groups in total. The normalized spacial score (nSPS) is 20.2. The van der Waals surface area contributed by atoms with E-state index in [1.165, 1.54) is 6.26 Å². The zero-order chi connectivity index (χ0) is 21.7. The van der Waals surface area contributed by atoms with E-state index in [0.29, 0.717) is 33.6 Å². The summed E-state index contributed by atoms with van der Waals surface area (Å²) < 4.78 is 12.3. The summed E-state index contributed by atoms with van der Waals surface area (Å²) >= 11 is 0. The van der Waals surface area contributed by atoms with Crippen LogP contribution in [0.1, 0.15) is 41.2 Å². The number of cyclic esters (lactones) is 1. The maximum atomic E-state index is 13.3. The number of esters is 1. The molecule has 0 aliphatic carbocycles. The summed E-state index contributed by atoms with van der Waals surface area (Å²) in [6.45, 7) is 3.56. The third kappa shape index (κ3) is 2.10. The Labute approximate surface area is 176 Å². The first-order chi connectivity index (χ1) is 14.8. The standard InChI is InChI=1S/C23H18N2O6/c1-3-23(29)14-7-16-18-12(8-25(16)21(27)13(14)9-31-22(23)28)11-4-5-30-20-17(11)15(24-18)6-10(2)19(20)26/h4-7,26,29H,3,8-9H2,1-2H3/t23-/m0/s1. The average Bonchev–Trinajstić information content (AvgIpc) is 3.14. The summed E-state index contributed by atoms with van der Waals surface area (Å²) in [5.74, 6) is -0.334. The maximum absolute atomic E-state index is 13.3. The van der Waals surface area contributed by atoms with Gasteiger partial charge < -0.3 is 24.3 Å². The first kappa shape index (κ1) is 18.1. The Bertz CT molecular complexity index is 1450. The van der Waals surface area contributed by atoms with Crippen LogP contribution in [0.3, 0.4) is 0 Å². The number of aryl methyl sites for hydroxylation is 1. The number of hydrogen-bond donors (Lipinski definition) is 2. The fraction of sp³-hybridized carbons (Fsp3) is 0.261. The van der Waals surface area contributed by atoms with Gasteiger partial charge >= 0.3 is 5.97 Å². The first-order valence-corrected chi connectivity index (χ1v) is 10.0. The van der Waals surface area contributed by atoms with Gasteiger partial charge in [0.15, 0.2) is 17.1 Å². The summed E-state index contributed by atoms with van der Waals surface area (Å²) in [6, 6.07) is 3.47. The Morgan fingerprint density at radius 1 is 1.26 bits per heavy atom. The number of rotatable bonds is 1. The maximum Gasteiger partial charge on any atom is 0.343 e. The van der Waals surface area contributed by atoms with E-state index in [9.17, 15) is 19.8 Å². The van der Waals surface area contributed by atoms with Crippen molar-refractivity contribution in [1.29, 1.82) is 0 Å². The minimum Gasteiger partial charge on any atom is -0.504 e. The van der Waals surface area contributed by atoms with Crippen molar-refractivity contribution in [3.63, 3.8) is 0 Å². The van der Waals surface area contributed by atoms with Gasteiger partial charge in [0.25, 0.3) is 5.56 Å². The Morgan fingerprint density at radius 3 is 2.84 bits per heavy atom. The van der Waals surface area contributed by atoms with E-state index < -0.39 is 11.6 Å². The van der Waals surface area contributed by atoms with Gasteiger partial charge in [-0.3, -0.25) is 4.79 Å². The molecule has 8 nitrogen and oxygen atoms in total. The highest BCUT2D eigenvalue weighted by molar-refractivity contribution is 6.00. The van der Waals surface area contributed by atoms with Crippen LogP contribution in [0.2, 0.25) is 0 Å². The zero-order valence-corrected chi connectivity index (χ0v) is 16.9. The highest BCUT2D eigenvalue weighted by atomic mass is 16.6. The van der Waals surface area contributed by atoms with Crippen LogP contribution >= 0.6 is 0 Å². The van der Waals surface area contributed by atoms with Crippen LogP contribution in [-0.2, 0) is 28.3 Å². The van der Waals surface area contributed by atoms with E-state index in [4.69, 9.17) is 14.5 Å². The highest BCUT2D eigenvalue weighted by Gasteiger charge is 2.45. The molecule has 0 spiro atoms. The number of pyridine rings is 2. The molecule has 31 heavy (non-hydrogen) atoms. The monoisotopic (exact) mass is 418 g/mol. The minimum absolute atomic E-state index is 0.0617. The number of aliphatic hydroxyl groups is 1. The molecule has 0 unspecified atom stereocenters. The lowest BCUT2D eigenvalue weighted by molar-refractivity contribution is -0.172. The molecule has 3 aliphatic heterocycles. The van der Waals surface area contributed by atoms with Gasteiger partial charge in [-0.15, -0.1) is 0 Å². The highest BCUT2D eigenvalue weighted by Crippen LogP contribution is 2.46. The van der Waals surface area contributed by atoms with E-state index in [1.54, 1.807) is 36.6 Å². The van der Waals surface area contributed by atoms with Crippen molar-refractivity contribution in [2.45, 2.75) is 39.0 Å².